The quantitative estimate of drug-likeness (QED) is 0.893. The Labute approximate surface area is 117 Å². The zero-order chi connectivity index (χ0) is 14.7. The average molecular weight is 275 g/mol. The number of carbonyl (C=O) groups is 1. The molecule has 0 radical (unpaired) electrons. The standard InChI is InChI=1S/C14H17N3O3/c1-9-5-6-16-13(12(9)7-15)20-11-4-3-10(2)17(8-11)14(18)19/h5-6,10-11H,3-4,8H2,1-2H3,(H,18,19). The topological polar surface area (TPSA) is 86.4 Å². The predicted molar refractivity (Wildman–Crippen MR) is 71.5 cm³/mol. The minimum Gasteiger partial charge on any atom is -0.472 e. The molecule has 1 aromatic heterocycles. The SMILES string of the molecule is Cc1ccnc(OC2CCC(C)N(C(=O)O)C2)c1C#N. The molecule has 0 aliphatic carbocycles. The Morgan fingerprint density at radius 1 is 1.60 bits per heavy atom. The first-order valence-electron chi connectivity index (χ1n) is 6.55. The maximum atomic E-state index is 11.1. The van der Waals surface area contributed by atoms with Crippen LogP contribution in [0.15, 0.2) is 12.3 Å². The van der Waals surface area contributed by atoms with Gasteiger partial charge in [-0.05, 0) is 38.3 Å². The number of amides is 1. The monoisotopic (exact) mass is 275 g/mol. The molecule has 1 N–H and O–H groups in total. The van der Waals surface area contributed by atoms with Crippen molar-refractivity contribution in [3.05, 3.63) is 23.4 Å². The fourth-order valence-corrected chi connectivity index (χ4v) is 2.35. The number of carboxylic acid groups (broad SMARTS) is 1. The second kappa shape index (κ2) is 5.78. The highest BCUT2D eigenvalue weighted by atomic mass is 16.5. The number of aryl methyl sites for hydroxylation is 1. The van der Waals surface area contributed by atoms with E-state index in [1.54, 1.807) is 12.3 Å². The molecular formula is C14H17N3O3. The number of hydrogen-bond donors (Lipinski definition) is 1. The van der Waals surface area contributed by atoms with Crippen LogP contribution in [0, 0.1) is 18.3 Å². The third kappa shape index (κ3) is 2.82. The zero-order valence-electron chi connectivity index (χ0n) is 11.5. The molecule has 106 valence electrons. The lowest BCUT2D eigenvalue weighted by molar-refractivity contribution is 0.0518. The Balaban J connectivity index is 2.13. The van der Waals surface area contributed by atoms with Crippen molar-refractivity contribution in [2.45, 2.75) is 38.8 Å². The Morgan fingerprint density at radius 2 is 2.35 bits per heavy atom. The van der Waals surface area contributed by atoms with E-state index in [9.17, 15) is 4.79 Å². The molecule has 20 heavy (non-hydrogen) atoms. The maximum absolute atomic E-state index is 11.1. The molecule has 0 aromatic carbocycles. The van der Waals surface area contributed by atoms with Gasteiger partial charge < -0.3 is 14.7 Å². The van der Waals surface area contributed by atoms with Gasteiger partial charge in [-0.3, -0.25) is 0 Å². The van der Waals surface area contributed by atoms with Crippen molar-refractivity contribution in [3.63, 3.8) is 0 Å². The van der Waals surface area contributed by atoms with Gasteiger partial charge in [0, 0.05) is 12.2 Å². The van der Waals surface area contributed by atoms with Gasteiger partial charge in [0.25, 0.3) is 0 Å². The normalized spacial score (nSPS) is 22.1. The Hall–Kier alpha value is -2.29. The largest absolute Gasteiger partial charge is 0.472 e. The fourth-order valence-electron chi connectivity index (χ4n) is 2.35. The van der Waals surface area contributed by atoms with Gasteiger partial charge in [0.15, 0.2) is 0 Å². The first-order valence-corrected chi connectivity index (χ1v) is 6.55. The third-order valence-corrected chi connectivity index (χ3v) is 3.60. The summed E-state index contributed by atoms with van der Waals surface area (Å²) in [5, 5.41) is 18.3. The molecule has 1 saturated heterocycles. The third-order valence-electron chi connectivity index (χ3n) is 3.60. The van der Waals surface area contributed by atoms with E-state index in [2.05, 4.69) is 11.1 Å². The molecule has 1 fully saturated rings. The summed E-state index contributed by atoms with van der Waals surface area (Å²) in [4.78, 5) is 16.6. The summed E-state index contributed by atoms with van der Waals surface area (Å²) >= 11 is 0. The second-order valence-electron chi connectivity index (χ2n) is 5.02. The van der Waals surface area contributed by atoms with Crippen LogP contribution in [-0.4, -0.2) is 39.8 Å². The van der Waals surface area contributed by atoms with Crippen molar-refractivity contribution < 1.29 is 14.6 Å². The predicted octanol–water partition coefficient (Wildman–Crippen LogP) is 2.17. The highest BCUT2D eigenvalue weighted by Gasteiger charge is 2.30. The molecule has 1 aromatic rings. The number of piperidine rings is 1. The highest BCUT2D eigenvalue weighted by molar-refractivity contribution is 5.65. The van der Waals surface area contributed by atoms with Crippen molar-refractivity contribution in [1.82, 2.24) is 9.88 Å². The van der Waals surface area contributed by atoms with Crippen molar-refractivity contribution in [1.29, 1.82) is 5.26 Å². The number of rotatable bonds is 2. The summed E-state index contributed by atoms with van der Waals surface area (Å²) < 4.78 is 5.75. The molecule has 0 spiro atoms. The molecule has 6 heteroatoms. The number of nitriles is 1. The van der Waals surface area contributed by atoms with Crippen LogP contribution in [-0.2, 0) is 0 Å². The van der Waals surface area contributed by atoms with E-state index in [1.807, 2.05) is 13.8 Å². The molecule has 6 nitrogen and oxygen atoms in total. The summed E-state index contributed by atoms with van der Waals surface area (Å²) in [7, 11) is 0. The minimum atomic E-state index is -0.941. The smallest absolute Gasteiger partial charge is 0.407 e. The van der Waals surface area contributed by atoms with Crippen molar-refractivity contribution in [3.8, 4) is 11.9 Å². The van der Waals surface area contributed by atoms with Gasteiger partial charge in [0.2, 0.25) is 5.88 Å². The molecular weight excluding hydrogens is 258 g/mol. The van der Waals surface area contributed by atoms with E-state index < -0.39 is 6.09 Å². The van der Waals surface area contributed by atoms with Crippen LogP contribution in [0.25, 0.3) is 0 Å². The fraction of sp³-hybridized carbons (Fsp3) is 0.500. The van der Waals surface area contributed by atoms with Gasteiger partial charge in [-0.1, -0.05) is 0 Å². The van der Waals surface area contributed by atoms with Gasteiger partial charge in [-0.25, -0.2) is 9.78 Å². The van der Waals surface area contributed by atoms with Crippen molar-refractivity contribution in [2.24, 2.45) is 0 Å². The van der Waals surface area contributed by atoms with Crippen LogP contribution in [0.3, 0.4) is 0 Å². The number of ether oxygens (including phenoxy) is 1. The van der Waals surface area contributed by atoms with E-state index in [4.69, 9.17) is 15.1 Å². The molecule has 2 rings (SSSR count). The van der Waals surface area contributed by atoms with Crippen molar-refractivity contribution >= 4 is 6.09 Å². The highest BCUT2D eigenvalue weighted by Crippen LogP contribution is 2.24. The van der Waals surface area contributed by atoms with E-state index in [0.29, 0.717) is 12.1 Å². The average Bonchev–Trinajstić information content (AvgIpc) is 2.41. The van der Waals surface area contributed by atoms with Gasteiger partial charge in [0.05, 0.1) is 6.54 Å². The van der Waals surface area contributed by atoms with Crippen LogP contribution >= 0.6 is 0 Å². The number of aromatic nitrogens is 1. The lowest BCUT2D eigenvalue weighted by Crippen LogP contribution is -2.48. The zero-order valence-corrected chi connectivity index (χ0v) is 11.5. The van der Waals surface area contributed by atoms with Crippen LogP contribution in [0.5, 0.6) is 5.88 Å². The maximum Gasteiger partial charge on any atom is 0.407 e. The number of hydrogen-bond acceptors (Lipinski definition) is 4. The molecule has 2 atom stereocenters. The second-order valence-corrected chi connectivity index (χ2v) is 5.02. The van der Waals surface area contributed by atoms with Crippen LogP contribution in [0.1, 0.15) is 30.9 Å². The number of nitrogens with zero attached hydrogens (tertiary/aromatic N) is 3. The van der Waals surface area contributed by atoms with E-state index in [-0.39, 0.29) is 18.0 Å². The van der Waals surface area contributed by atoms with E-state index in [1.165, 1.54) is 4.90 Å². The Bertz CT molecular complexity index is 553. The molecule has 1 amide bonds. The Kier molecular flexibility index (Phi) is 4.08. The summed E-state index contributed by atoms with van der Waals surface area (Å²) in [6, 6.07) is 3.82. The van der Waals surface area contributed by atoms with E-state index >= 15 is 0 Å². The van der Waals surface area contributed by atoms with Crippen LogP contribution in [0.2, 0.25) is 0 Å². The number of likely N-dealkylation sites (tertiary alicyclic amines) is 1. The van der Waals surface area contributed by atoms with Crippen LogP contribution < -0.4 is 4.74 Å². The van der Waals surface area contributed by atoms with E-state index in [0.717, 1.165) is 18.4 Å². The molecule has 1 aliphatic heterocycles. The van der Waals surface area contributed by atoms with Crippen LogP contribution in [0.4, 0.5) is 4.79 Å². The lowest BCUT2D eigenvalue weighted by Gasteiger charge is -2.35. The van der Waals surface area contributed by atoms with Gasteiger partial charge in [-0.2, -0.15) is 5.26 Å². The summed E-state index contributed by atoms with van der Waals surface area (Å²) in [6.07, 6.45) is 1.88. The number of pyridine rings is 1. The first kappa shape index (κ1) is 14.1. The van der Waals surface area contributed by atoms with Gasteiger partial charge in [0.1, 0.15) is 17.7 Å². The van der Waals surface area contributed by atoms with Crippen molar-refractivity contribution in [2.75, 3.05) is 6.54 Å². The lowest BCUT2D eigenvalue weighted by atomic mass is 10.0. The van der Waals surface area contributed by atoms with Gasteiger partial charge in [-0.15, -0.1) is 0 Å². The molecule has 2 heterocycles. The molecule has 0 saturated carbocycles. The molecule has 0 bridgehead atoms. The summed E-state index contributed by atoms with van der Waals surface area (Å²) in [6.45, 7) is 4.01. The summed E-state index contributed by atoms with van der Waals surface area (Å²) in [5.41, 5.74) is 1.21. The summed E-state index contributed by atoms with van der Waals surface area (Å²) in [5.74, 6) is 0.289. The molecule has 1 aliphatic rings. The first-order chi connectivity index (χ1) is 9.52. The Morgan fingerprint density at radius 3 is 3.00 bits per heavy atom. The molecule has 2 unspecified atom stereocenters. The van der Waals surface area contributed by atoms with Gasteiger partial charge >= 0.3 is 6.09 Å². The minimum absolute atomic E-state index is 0.00624.